The third kappa shape index (κ3) is 5.80. The number of alkyl carbamates (subject to hydrolysis) is 1. The highest BCUT2D eigenvalue weighted by molar-refractivity contribution is 5.73. The predicted octanol–water partition coefficient (Wildman–Crippen LogP) is 2.88. The first-order chi connectivity index (χ1) is 9.33. The number of methoxy groups -OCH3 is 1. The molecule has 5 nitrogen and oxygen atoms in total. The van der Waals surface area contributed by atoms with Gasteiger partial charge in [-0.1, -0.05) is 19.3 Å². The minimum atomic E-state index is -0.505. The van der Waals surface area contributed by atoms with Crippen molar-refractivity contribution in [2.75, 3.05) is 13.7 Å². The van der Waals surface area contributed by atoms with Crippen LogP contribution in [0.15, 0.2) is 0 Å². The number of hydrogen-bond acceptors (Lipinski definition) is 4. The zero-order valence-electron chi connectivity index (χ0n) is 13.0. The highest BCUT2D eigenvalue weighted by atomic mass is 16.6. The maximum Gasteiger partial charge on any atom is 0.407 e. The minimum absolute atomic E-state index is 0.113. The van der Waals surface area contributed by atoms with E-state index in [1.807, 2.05) is 20.8 Å². The van der Waals surface area contributed by atoms with Crippen molar-refractivity contribution in [3.63, 3.8) is 0 Å². The van der Waals surface area contributed by atoms with E-state index in [1.54, 1.807) is 0 Å². The van der Waals surface area contributed by atoms with Crippen LogP contribution in [-0.4, -0.2) is 31.3 Å². The Labute approximate surface area is 121 Å². The molecule has 20 heavy (non-hydrogen) atoms. The van der Waals surface area contributed by atoms with Gasteiger partial charge in [0, 0.05) is 6.54 Å². The van der Waals surface area contributed by atoms with Crippen molar-refractivity contribution >= 4 is 12.1 Å². The highest BCUT2D eigenvalue weighted by Crippen LogP contribution is 2.29. The van der Waals surface area contributed by atoms with Crippen LogP contribution in [0.4, 0.5) is 4.79 Å². The van der Waals surface area contributed by atoms with E-state index in [-0.39, 0.29) is 17.8 Å². The number of amides is 1. The number of carbonyl (C=O) groups excluding carboxylic acids is 2. The molecule has 1 rings (SSSR count). The van der Waals surface area contributed by atoms with Crippen LogP contribution in [-0.2, 0) is 14.3 Å². The Kier molecular flexibility index (Phi) is 6.30. The molecule has 2 atom stereocenters. The molecule has 116 valence electrons. The van der Waals surface area contributed by atoms with Crippen LogP contribution in [0.25, 0.3) is 0 Å². The molecule has 0 heterocycles. The van der Waals surface area contributed by atoms with Crippen LogP contribution in [0.5, 0.6) is 0 Å². The number of esters is 1. The summed E-state index contributed by atoms with van der Waals surface area (Å²) in [5.74, 6) is -0.141. The van der Waals surface area contributed by atoms with E-state index in [0.717, 1.165) is 32.1 Å². The Bertz CT molecular complexity index is 335. The monoisotopic (exact) mass is 285 g/mol. The molecule has 1 aliphatic rings. The van der Waals surface area contributed by atoms with Crippen LogP contribution < -0.4 is 5.32 Å². The van der Waals surface area contributed by atoms with Crippen LogP contribution >= 0.6 is 0 Å². The fourth-order valence-corrected chi connectivity index (χ4v) is 2.62. The van der Waals surface area contributed by atoms with Crippen LogP contribution in [0, 0.1) is 11.8 Å². The third-order valence-corrected chi connectivity index (χ3v) is 3.57. The lowest BCUT2D eigenvalue weighted by atomic mass is 9.88. The number of hydrogen-bond donors (Lipinski definition) is 1. The Morgan fingerprint density at radius 3 is 2.40 bits per heavy atom. The first kappa shape index (κ1) is 16.8. The Morgan fingerprint density at radius 1 is 1.15 bits per heavy atom. The summed E-state index contributed by atoms with van der Waals surface area (Å²) in [6.45, 7) is 5.95. The number of rotatable bonds is 3. The Balaban J connectivity index is 2.53. The molecule has 0 aromatic rings. The predicted molar refractivity (Wildman–Crippen MR) is 76.3 cm³/mol. The van der Waals surface area contributed by atoms with E-state index < -0.39 is 11.7 Å². The number of carbonyl (C=O) groups is 2. The first-order valence-electron chi connectivity index (χ1n) is 7.38. The quantitative estimate of drug-likeness (QED) is 0.639. The van der Waals surface area contributed by atoms with Crippen molar-refractivity contribution < 1.29 is 19.1 Å². The van der Waals surface area contributed by atoms with Gasteiger partial charge in [0.2, 0.25) is 0 Å². The average molecular weight is 285 g/mol. The fraction of sp³-hybridized carbons (Fsp3) is 0.867. The van der Waals surface area contributed by atoms with Gasteiger partial charge in [0.05, 0.1) is 13.0 Å². The summed E-state index contributed by atoms with van der Waals surface area (Å²) in [7, 11) is 1.42. The Morgan fingerprint density at radius 2 is 1.80 bits per heavy atom. The molecule has 1 fully saturated rings. The van der Waals surface area contributed by atoms with Crippen molar-refractivity contribution in [1.82, 2.24) is 5.32 Å². The summed E-state index contributed by atoms with van der Waals surface area (Å²) < 4.78 is 10.1. The molecule has 1 aliphatic carbocycles. The minimum Gasteiger partial charge on any atom is -0.469 e. The fourth-order valence-electron chi connectivity index (χ4n) is 2.62. The van der Waals surface area contributed by atoms with Gasteiger partial charge < -0.3 is 14.8 Å². The lowest BCUT2D eigenvalue weighted by molar-refractivity contribution is -0.147. The second kappa shape index (κ2) is 7.50. The van der Waals surface area contributed by atoms with Gasteiger partial charge >= 0.3 is 12.1 Å². The van der Waals surface area contributed by atoms with Gasteiger partial charge in [-0.2, -0.15) is 0 Å². The lowest BCUT2D eigenvalue weighted by Gasteiger charge is -2.25. The van der Waals surface area contributed by atoms with Crippen LogP contribution in [0.3, 0.4) is 0 Å². The molecule has 1 saturated carbocycles. The topological polar surface area (TPSA) is 64.6 Å². The van der Waals surface area contributed by atoms with Gasteiger partial charge in [-0.3, -0.25) is 4.79 Å². The summed E-state index contributed by atoms with van der Waals surface area (Å²) >= 11 is 0. The largest absolute Gasteiger partial charge is 0.469 e. The molecule has 5 heteroatoms. The summed E-state index contributed by atoms with van der Waals surface area (Å²) in [4.78, 5) is 23.5. The van der Waals surface area contributed by atoms with E-state index in [2.05, 4.69) is 5.32 Å². The molecule has 0 radical (unpaired) electrons. The average Bonchev–Trinajstić information content (AvgIpc) is 2.58. The van der Waals surface area contributed by atoms with Crippen molar-refractivity contribution in [2.45, 2.75) is 58.5 Å². The van der Waals surface area contributed by atoms with Crippen molar-refractivity contribution in [2.24, 2.45) is 11.8 Å². The van der Waals surface area contributed by atoms with E-state index in [4.69, 9.17) is 9.47 Å². The van der Waals surface area contributed by atoms with Gasteiger partial charge in [-0.15, -0.1) is 0 Å². The van der Waals surface area contributed by atoms with E-state index in [1.165, 1.54) is 7.11 Å². The zero-order valence-corrected chi connectivity index (χ0v) is 13.0. The van der Waals surface area contributed by atoms with Crippen molar-refractivity contribution in [1.29, 1.82) is 0 Å². The molecular formula is C15H27NO4. The lowest BCUT2D eigenvalue weighted by Crippen LogP contribution is -2.38. The summed E-state index contributed by atoms with van der Waals surface area (Å²) in [6.07, 6.45) is 4.63. The molecule has 0 bridgehead atoms. The standard InChI is InChI=1S/C15H27NO4/c1-15(2,3)20-14(18)16-10-11-8-6-5-7-9-12(11)13(17)19-4/h11-12H,5-10H2,1-4H3,(H,16,18). The van der Waals surface area contributed by atoms with Gasteiger partial charge in [-0.25, -0.2) is 4.79 Å². The first-order valence-corrected chi connectivity index (χ1v) is 7.38. The van der Waals surface area contributed by atoms with Crippen LogP contribution in [0.1, 0.15) is 52.9 Å². The summed E-state index contributed by atoms with van der Waals surface area (Å²) in [5, 5.41) is 2.78. The molecule has 0 saturated heterocycles. The van der Waals surface area contributed by atoms with Gasteiger partial charge in [0.15, 0.2) is 0 Å². The summed E-state index contributed by atoms with van der Waals surface area (Å²) in [5.41, 5.74) is -0.505. The zero-order chi connectivity index (χ0) is 15.2. The molecule has 0 aliphatic heterocycles. The van der Waals surface area contributed by atoms with Gasteiger partial charge in [-0.05, 0) is 39.5 Å². The molecule has 0 aromatic heterocycles. The van der Waals surface area contributed by atoms with E-state index in [0.29, 0.717) is 6.54 Å². The molecule has 1 N–H and O–H groups in total. The number of nitrogens with one attached hydrogen (secondary N) is 1. The maximum atomic E-state index is 11.8. The molecular weight excluding hydrogens is 258 g/mol. The molecule has 2 unspecified atom stereocenters. The molecule has 0 aromatic carbocycles. The van der Waals surface area contributed by atoms with Gasteiger partial charge in [0.25, 0.3) is 0 Å². The Hall–Kier alpha value is -1.26. The highest BCUT2D eigenvalue weighted by Gasteiger charge is 2.31. The van der Waals surface area contributed by atoms with E-state index in [9.17, 15) is 9.59 Å². The van der Waals surface area contributed by atoms with Crippen LogP contribution in [0.2, 0.25) is 0 Å². The smallest absolute Gasteiger partial charge is 0.407 e. The second-order valence-electron chi connectivity index (χ2n) is 6.41. The molecule has 1 amide bonds. The second-order valence-corrected chi connectivity index (χ2v) is 6.41. The SMILES string of the molecule is COC(=O)C1CCCCCC1CNC(=O)OC(C)(C)C. The van der Waals surface area contributed by atoms with E-state index >= 15 is 0 Å². The van der Waals surface area contributed by atoms with Crippen molar-refractivity contribution in [3.05, 3.63) is 0 Å². The maximum absolute atomic E-state index is 11.8. The van der Waals surface area contributed by atoms with Gasteiger partial charge in [0.1, 0.15) is 5.60 Å². The normalized spacial score (nSPS) is 23.6. The number of ether oxygens (including phenoxy) is 2. The van der Waals surface area contributed by atoms with Crippen molar-refractivity contribution in [3.8, 4) is 0 Å². The third-order valence-electron chi connectivity index (χ3n) is 3.57. The molecule has 0 spiro atoms. The summed E-state index contributed by atoms with van der Waals surface area (Å²) in [6, 6.07) is 0.